The maximum atomic E-state index is 12.0. The number of aliphatic hydroxyl groups is 1. The highest BCUT2D eigenvalue weighted by Crippen LogP contribution is 2.25. The molecule has 3 N–H and O–H groups in total. The van der Waals surface area contributed by atoms with E-state index >= 15 is 0 Å². The van der Waals surface area contributed by atoms with Gasteiger partial charge in [-0.25, -0.2) is 8.42 Å². The zero-order chi connectivity index (χ0) is 12.6. The number of nitrogens with one attached hydrogen (secondary N) is 1. The molecule has 9 heteroatoms. The van der Waals surface area contributed by atoms with Crippen LogP contribution in [-0.2, 0) is 14.8 Å². The molecule has 2 rings (SSSR count). The molecule has 0 saturated carbocycles. The quantitative estimate of drug-likeness (QED) is 0.616. The van der Waals surface area contributed by atoms with Crippen LogP contribution in [0.4, 0.5) is 0 Å². The molecule has 2 atom stereocenters. The average molecular weight is 261 g/mol. The Labute approximate surface area is 96.9 Å². The Morgan fingerprint density at radius 2 is 2.29 bits per heavy atom. The van der Waals surface area contributed by atoms with Gasteiger partial charge in [-0.05, 0) is 0 Å². The molecule has 1 aromatic rings. The summed E-state index contributed by atoms with van der Waals surface area (Å²) in [5.74, 6) is -1.27. The maximum Gasteiger partial charge on any atom is 0.322 e. The number of aromatic nitrogens is 2. The molecule has 0 bridgehead atoms. The molecular weight excluding hydrogens is 250 g/mol. The fraction of sp³-hybridized carbons (Fsp3) is 0.500. The Bertz CT molecular complexity index is 511. The van der Waals surface area contributed by atoms with E-state index < -0.39 is 28.1 Å². The predicted octanol–water partition coefficient (Wildman–Crippen LogP) is -1.38. The number of aromatic amines is 1. The number of hydrogen-bond donors (Lipinski definition) is 3. The van der Waals surface area contributed by atoms with Gasteiger partial charge >= 0.3 is 5.97 Å². The average Bonchev–Trinajstić information content (AvgIpc) is 2.84. The number of sulfonamides is 1. The normalized spacial score (nSPS) is 26.2. The van der Waals surface area contributed by atoms with Gasteiger partial charge in [0.05, 0.1) is 12.3 Å². The summed E-state index contributed by atoms with van der Waals surface area (Å²) in [6.45, 7) is -0.218. The van der Waals surface area contributed by atoms with E-state index in [2.05, 4.69) is 10.2 Å². The molecule has 1 aliphatic rings. The zero-order valence-corrected chi connectivity index (χ0v) is 9.46. The first-order valence-electron chi connectivity index (χ1n) is 4.84. The second-order valence-corrected chi connectivity index (χ2v) is 5.64. The van der Waals surface area contributed by atoms with Crippen LogP contribution >= 0.6 is 0 Å². The summed E-state index contributed by atoms with van der Waals surface area (Å²) in [7, 11) is -3.92. The summed E-state index contributed by atoms with van der Waals surface area (Å²) in [5, 5.41) is 24.2. The monoisotopic (exact) mass is 261 g/mol. The van der Waals surface area contributed by atoms with Crippen molar-refractivity contribution in [1.82, 2.24) is 14.5 Å². The Balaban J connectivity index is 2.36. The van der Waals surface area contributed by atoms with Crippen LogP contribution in [0.15, 0.2) is 17.3 Å². The van der Waals surface area contributed by atoms with Gasteiger partial charge in [0.2, 0.25) is 10.0 Å². The van der Waals surface area contributed by atoms with Crippen LogP contribution in [-0.4, -0.2) is 57.8 Å². The van der Waals surface area contributed by atoms with Gasteiger partial charge in [0.25, 0.3) is 0 Å². The number of aliphatic carboxylic acids is 1. The summed E-state index contributed by atoms with van der Waals surface area (Å²) in [4.78, 5) is 10.8. The molecule has 0 radical (unpaired) electrons. The molecule has 17 heavy (non-hydrogen) atoms. The lowest BCUT2D eigenvalue weighted by molar-refractivity contribution is -0.140. The van der Waals surface area contributed by atoms with Crippen molar-refractivity contribution in [2.45, 2.75) is 23.5 Å². The highest BCUT2D eigenvalue weighted by atomic mass is 32.2. The molecule has 8 nitrogen and oxygen atoms in total. The summed E-state index contributed by atoms with van der Waals surface area (Å²) >= 11 is 0. The summed E-state index contributed by atoms with van der Waals surface area (Å²) < 4.78 is 24.9. The van der Waals surface area contributed by atoms with E-state index in [4.69, 9.17) is 5.11 Å². The number of hydrogen-bond acceptors (Lipinski definition) is 5. The number of carboxylic acids is 1. The van der Waals surface area contributed by atoms with Crippen LogP contribution in [0.3, 0.4) is 0 Å². The molecule has 0 aliphatic carbocycles. The smallest absolute Gasteiger partial charge is 0.322 e. The van der Waals surface area contributed by atoms with Crippen LogP contribution in [0.25, 0.3) is 0 Å². The van der Waals surface area contributed by atoms with Gasteiger partial charge in [-0.15, -0.1) is 0 Å². The number of carboxylic acid groups (broad SMARTS) is 1. The van der Waals surface area contributed by atoms with Crippen molar-refractivity contribution in [1.29, 1.82) is 0 Å². The zero-order valence-electron chi connectivity index (χ0n) is 8.65. The first-order chi connectivity index (χ1) is 7.93. The fourth-order valence-electron chi connectivity index (χ4n) is 1.79. The van der Waals surface area contributed by atoms with Crippen LogP contribution in [0.5, 0.6) is 0 Å². The van der Waals surface area contributed by atoms with E-state index in [0.717, 1.165) is 10.5 Å². The number of carbonyl (C=O) groups is 1. The highest BCUT2D eigenvalue weighted by Gasteiger charge is 2.43. The van der Waals surface area contributed by atoms with Crippen molar-refractivity contribution >= 4 is 16.0 Å². The minimum Gasteiger partial charge on any atom is -0.480 e. The summed E-state index contributed by atoms with van der Waals surface area (Å²) in [6, 6.07) is -1.23. The van der Waals surface area contributed by atoms with Crippen molar-refractivity contribution in [3.8, 4) is 0 Å². The Morgan fingerprint density at radius 3 is 2.82 bits per heavy atom. The molecule has 0 amide bonds. The lowest BCUT2D eigenvalue weighted by Crippen LogP contribution is -2.40. The number of aliphatic hydroxyl groups excluding tert-OH is 1. The molecular formula is C8H11N3O5S. The van der Waals surface area contributed by atoms with Crippen LogP contribution in [0.1, 0.15) is 6.42 Å². The maximum absolute atomic E-state index is 12.0. The van der Waals surface area contributed by atoms with E-state index in [9.17, 15) is 18.3 Å². The molecule has 2 heterocycles. The molecule has 1 aliphatic heterocycles. The van der Waals surface area contributed by atoms with Gasteiger partial charge in [-0.3, -0.25) is 9.89 Å². The Morgan fingerprint density at radius 1 is 1.59 bits per heavy atom. The highest BCUT2D eigenvalue weighted by molar-refractivity contribution is 7.89. The lowest BCUT2D eigenvalue weighted by Gasteiger charge is -2.19. The van der Waals surface area contributed by atoms with E-state index in [0.29, 0.717) is 0 Å². The molecule has 1 unspecified atom stereocenters. The summed E-state index contributed by atoms with van der Waals surface area (Å²) in [6.07, 6.45) is 1.20. The number of rotatable bonds is 3. The minimum atomic E-state index is -3.92. The van der Waals surface area contributed by atoms with Crippen LogP contribution in [0.2, 0.25) is 0 Å². The third-order valence-corrected chi connectivity index (χ3v) is 4.44. The minimum absolute atomic E-state index is 0.105. The van der Waals surface area contributed by atoms with Crippen molar-refractivity contribution in [3.05, 3.63) is 12.4 Å². The van der Waals surface area contributed by atoms with E-state index in [1.165, 1.54) is 6.20 Å². The molecule has 1 fully saturated rings. The Hall–Kier alpha value is -1.45. The first kappa shape index (κ1) is 12.0. The van der Waals surface area contributed by atoms with Crippen LogP contribution < -0.4 is 0 Å². The van der Waals surface area contributed by atoms with Crippen molar-refractivity contribution in [3.63, 3.8) is 0 Å². The molecule has 1 aromatic heterocycles. The lowest BCUT2D eigenvalue weighted by atomic mass is 10.2. The van der Waals surface area contributed by atoms with E-state index in [1.807, 2.05) is 0 Å². The third-order valence-electron chi connectivity index (χ3n) is 2.60. The standard InChI is InChI=1S/C8H11N3O5S/c12-5-1-7(8(13)14)11(4-5)17(15,16)6-2-9-10-3-6/h2-3,5,7,12H,1,4H2,(H,9,10)(H,13,14)/t5?,7-/m0/s1. The fourth-order valence-corrected chi connectivity index (χ4v) is 3.33. The molecule has 0 aromatic carbocycles. The number of H-pyrrole nitrogens is 1. The summed E-state index contributed by atoms with van der Waals surface area (Å²) in [5.41, 5.74) is 0. The van der Waals surface area contributed by atoms with E-state index in [1.54, 1.807) is 0 Å². The van der Waals surface area contributed by atoms with Gasteiger partial charge in [0, 0.05) is 19.2 Å². The van der Waals surface area contributed by atoms with Gasteiger partial charge in [-0.2, -0.15) is 9.40 Å². The predicted molar refractivity (Wildman–Crippen MR) is 54.5 cm³/mol. The largest absolute Gasteiger partial charge is 0.480 e. The first-order valence-corrected chi connectivity index (χ1v) is 6.28. The van der Waals surface area contributed by atoms with Crippen molar-refractivity contribution in [2.24, 2.45) is 0 Å². The SMILES string of the molecule is O=C(O)[C@@H]1CC(O)CN1S(=O)(=O)c1cn[nH]c1. The number of nitrogens with zero attached hydrogens (tertiary/aromatic N) is 2. The van der Waals surface area contributed by atoms with E-state index in [-0.39, 0.29) is 17.9 Å². The van der Waals surface area contributed by atoms with Gasteiger partial charge in [0.15, 0.2) is 0 Å². The second-order valence-electron chi connectivity index (χ2n) is 3.75. The van der Waals surface area contributed by atoms with Gasteiger partial charge < -0.3 is 10.2 Å². The molecule has 0 spiro atoms. The number of β-amino-alcohol motifs (C(OH)–C–C–N with tert-alkyl or cyclic N) is 1. The Kier molecular flexibility index (Phi) is 2.89. The third kappa shape index (κ3) is 2.04. The second kappa shape index (κ2) is 4.09. The molecule has 94 valence electrons. The van der Waals surface area contributed by atoms with Crippen molar-refractivity contribution < 1.29 is 23.4 Å². The van der Waals surface area contributed by atoms with Gasteiger partial charge in [0.1, 0.15) is 10.9 Å². The van der Waals surface area contributed by atoms with Gasteiger partial charge in [-0.1, -0.05) is 0 Å². The van der Waals surface area contributed by atoms with Crippen LogP contribution in [0, 0.1) is 0 Å². The topological polar surface area (TPSA) is 124 Å². The van der Waals surface area contributed by atoms with Crippen molar-refractivity contribution in [2.75, 3.05) is 6.54 Å². The molecule has 1 saturated heterocycles.